The number of aromatic nitrogens is 1. The van der Waals surface area contributed by atoms with Gasteiger partial charge in [0.25, 0.3) is 5.92 Å². The van der Waals surface area contributed by atoms with Crippen molar-refractivity contribution in [3.8, 4) is 0 Å². The molecule has 1 amide bonds. The second kappa shape index (κ2) is 7.12. The first-order valence-electron chi connectivity index (χ1n) is 8.08. The van der Waals surface area contributed by atoms with E-state index in [0.717, 1.165) is 10.3 Å². The van der Waals surface area contributed by atoms with Crippen molar-refractivity contribution in [1.29, 1.82) is 0 Å². The Morgan fingerprint density at radius 2 is 1.88 bits per heavy atom. The zero-order valence-corrected chi connectivity index (χ0v) is 15.5. The molecule has 2 saturated heterocycles. The van der Waals surface area contributed by atoms with Gasteiger partial charge in [0.05, 0.1) is 9.50 Å². The minimum Gasteiger partial charge on any atom is -0.356 e. The van der Waals surface area contributed by atoms with Gasteiger partial charge in [-0.3, -0.25) is 4.79 Å². The van der Waals surface area contributed by atoms with Gasteiger partial charge in [-0.25, -0.2) is 13.8 Å². The van der Waals surface area contributed by atoms with Crippen LogP contribution >= 0.6 is 27.5 Å². The van der Waals surface area contributed by atoms with Gasteiger partial charge in [-0.15, -0.1) is 0 Å². The Kier molecular flexibility index (Phi) is 5.30. The first-order chi connectivity index (χ1) is 11.4. The molecule has 0 atom stereocenters. The number of anilines is 1. The molecule has 0 aliphatic carbocycles. The third-order valence-corrected chi connectivity index (χ3v) is 5.53. The molecule has 3 heterocycles. The fraction of sp³-hybridized carbons (Fsp3) is 0.625. The lowest BCUT2D eigenvalue weighted by Gasteiger charge is -2.37. The van der Waals surface area contributed by atoms with Crippen LogP contribution in [0, 0.1) is 5.92 Å². The molecule has 0 unspecified atom stereocenters. The Morgan fingerprint density at radius 1 is 1.25 bits per heavy atom. The van der Waals surface area contributed by atoms with E-state index in [1.807, 2.05) is 0 Å². The standard InChI is InChI=1S/C16H19BrClF2N3O/c17-13-9-12(18)10-21-14(13)22-5-1-11(2-6-22)15(24)23-7-3-16(19,20)4-8-23/h9-11H,1-8H2. The van der Waals surface area contributed by atoms with Crippen molar-refractivity contribution in [3.63, 3.8) is 0 Å². The van der Waals surface area contributed by atoms with Gasteiger partial charge in [0.15, 0.2) is 0 Å². The highest BCUT2D eigenvalue weighted by Crippen LogP contribution is 2.32. The average molecular weight is 423 g/mol. The number of nitrogens with zero attached hydrogens (tertiary/aromatic N) is 3. The number of rotatable bonds is 2. The molecule has 4 nitrogen and oxygen atoms in total. The first kappa shape index (κ1) is 17.9. The van der Waals surface area contributed by atoms with E-state index in [4.69, 9.17) is 11.6 Å². The Bertz CT molecular complexity index is 613. The summed E-state index contributed by atoms with van der Waals surface area (Å²) in [6.07, 6.45) is 2.58. The predicted octanol–water partition coefficient (Wildman–Crippen LogP) is 3.97. The monoisotopic (exact) mass is 421 g/mol. The number of carbonyl (C=O) groups excluding carboxylic acids is 1. The van der Waals surface area contributed by atoms with E-state index < -0.39 is 5.92 Å². The number of alkyl halides is 2. The van der Waals surface area contributed by atoms with Gasteiger partial charge in [0.1, 0.15) is 5.82 Å². The average Bonchev–Trinajstić information content (AvgIpc) is 2.54. The molecule has 2 aliphatic rings. The van der Waals surface area contributed by atoms with Crippen molar-refractivity contribution in [3.05, 3.63) is 21.8 Å². The normalized spacial score (nSPS) is 21.8. The van der Waals surface area contributed by atoms with Crippen LogP contribution in [0.15, 0.2) is 16.7 Å². The van der Waals surface area contributed by atoms with Crippen molar-refractivity contribution in [2.24, 2.45) is 5.92 Å². The molecular formula is C16H19BrClF2N3O. The lowest BCUT2D eigenvalue weighted by Crippen LogP contribution is -2.47. The molecule has 0 spiro atoms. The molecule has 1 aromatic heterocycles. The van der Waals surface area contributed by atoms with Gasteiger partial charge in [0.2, 0.25) is 5.91 Å². The van der Waals surface area contributed by atoms with Crippen LogP contribution in [0.5, 0.6) is 0 Å². The van der Waals surface area contributed by atoms with Crippen LogP contribution in [0.3, 0.4) is 0 Å². The van der Waals surface area contributed by atoms with Gasteiger partial charge in [-0.2, -0.15) is 0 Å². The predicted molar refractivity (Wildman–Crippen MR) is 92.6 cm³/mol. The summed E-state index contributed by atoms with van der Waals surface area (Å²) in [5.41, 5.74) is 0. The van der Waals surface area contributed by atoms with Crippen LogP contribution in [-0.2, 0) is 4.79 Å². The van der Waals surface area contributed by atoms with E-state index in [1.54, 1.807) is 17.2 Å². The Balaban J connectivity index is 1.56. The van der Waals surface area contributed by atoms with Crippen LogP contribution in [0.1, 0.15) is 25.7 Å². The molecule has 132 valence electrons. The van der Waals surface area contributed by atoms with Crippen LogP contribution in [0.4, 0.5) is 14.6 Å². The highest BCUT2D eigenvalue weighted by atomic mass is 79.9. The number of hydrogen-bond acceptors (Lipinski definition) is 3. The maximum absolute atomic E-state index is 13.2. The lowest BCUT2D eigenvalue weighted by molar-refractivity contribution is -0.142. The maximum atomic E-state index is 13.2. The maximum Gasteiger partial charge on any atom is 0.251 e. The van der Waals surface area contributed by atoms with E-state index in [9.17, 15) is 13.6 Å². The number of halogens is 4. The van der Waals surface area contributed by atoms with Gasteiger partial charge in [-0.1, -0.05) is 11.6 Å². The molecule has 3 rings (SSSR count). The van der Waals surface area contributed by atoms with E-state index in [0.29, 0.717) is 31.0 Å². The molecule has 2 fully saturated rings. The summed E-state index contributed by atoms with van der Waals surface area (Å²) in [5.74, 6) is -1.86. The zero-order valence-electron chi connectivity index (χ0n) is 13.2. The smallest absolute Gasteiger partial charge is 0.251 e. The number of amides is 1. The Hall–Kier alpha value is -0.950. The highest BCUT2D eigenvalue weighted by molar-refractivity contribution is 9.10. The van der Waals surface area contributed by atoms with Gasteiger partial charge in [-0.05, 0) is 34.8 Å². The summed E-state index contributed by atoms with van der Waals surface area (Å²) in [6, 6.07) is 1.80. The number of likely N-dealkylation sites (tertiary alicyclic amines) is 1. The quantitative estimate of drug-likeness (QED) is 0.723. The number of hydrogen-bond donors (Lipinski definition) is 0. The molecule has 1 aromatic rings. The third kappa shape index (κ3) is 3.99. The Morgan fingerprint density at radius 3 is 2.46 bits per heavy atom. The molecule has 0 aromatic carbocycles. The van der Waals surface area contributed by atoms with E-state index in [-0.39, 0.29) is 37.8 Å². The first-order valence-corrected chi connectivity index (χ1v) is 9.25. The molecule has 24 heavy (non-hydrogen) atoms. The molecule has 8 heteroatoms. The van der Waals surface area contributed by atoms with Crippen LogP contribution in [0.25, 0.3) is 0 Å². The van der Waals surface area contributed by atoms with Crippen molar-refractivity contribution in [1.82, 2.24) is 9.88 Å². The van der Waals surface area contributed by atoms with E-state index >= 15 is 0 Å². The summed E-state index contributed by atoms with van der Waals surface area (Å²) in [7, 11) is 0. The van der Waals surface area contributed by atoms with Gasteiger partial charge >= 0.3 is 0 Å². The van der Waals surface area contributed by atoms with Crippen molar-refractivity contribution < 1.29 is 13.6 Å². The van der Waals surface area contributed by atoms with Crippen molar-refractivity contribution in [2.45, 2.75) is 31.6 Å². The number of piperidine rings is 2. The summed E-state index contributed by atoms with van der Waals surface area (Å²) >= 11 is 9.38. The minimum atomic E-state index is -2.62. The van der Waals surface area contributed by atoms with Crippen molar-refractivity contribution >= 4 is 39.3 Å². The SMILES string of the molecule is O=C(C1CCN(c2ncc(Cl)cc2Br)CC1)N1CCC(F)(F)CC1. The molecule has 0 N–H and O–H groups in total. The molecule has 0 saturated carbocycles. The summed E-state index contributed by atoms with van der Waals surface area (Å²) in [4.78, 5) is 20.6. The molecule has 2 aliphatic heterocycles. The minimum absolute atomic E-state index is 0.0216. The largest absolute Gasteiger partial charge is 0.356 e. The molecule has 0 bridgehead atoms. The second-order valence-electron chi connectivity index (χ2n) is 6.40. The number of carbonyl (C=O) groups is 1. The van der Waals surface area contributed by atoms with E-state index in [1.165, 1.54) is 0 Å². The van der Waals surface area contributed by atoms with Crippen LogP contribution in [-0.4, -0.2) is 47.9 Å². The second-order valence-corrected chi connectivity index (χ2v) is 7.69. The number of pyridine rings is 1. The van der Waals surface area contributed by atoms with Gasteiger partial charge in [0, 0.05) is 51.1 Å². The third-order valence-electron chi connectivity index (χ3n) is 4.74. The van der Waals surface area contributed by atoms with Gasteiger partial charge < -0.3 is 9.80 Å². The molecular weight excluding hydrogens is 404 g/mol. The summed E-state index contributed by atoms with van der Waals surface area (Å²) in [6.45, 7) is 1.76. The van der Waals surface area contributed by atoms with E-state index in [2.05, 4.69) is 25.8 Å². The Labute approximate surface area is 153 Å². The van der Waals surface area contributed by atoms with Crippen molar-refractivity contribution in [2.75, 3.05) is 31.1 Å². The molecule has 0 radical (unpaired) electrons. The topological polar surface area (TPSA) is 36.4 Å². The highest BCUT2D eigenvalue weighted by Gasteiger charge is 2.38. The summed E-state index contributed by atoms with van der Waals surface area (Å²) in [5, 5.41) is 0.567. The van der Waals surface area contributed by atoms with Crippen LogP contribution in [0.2, 0.25) is 5.02 Å². The zero-order chi connectivity index (χ0) is 17.3. The summed E-state index contributed by atoms with van der Waals surface area (Å²) < 4.78 is 27.3. The fourth-order valence-corrected chi connectivity index (χ4v) is 4.18. The fourth-order valence-electron chi connectivity index (χ4n) is 3.29. The lowest BCUT2D eigenvalue weighted by atomic mass is 9.94. The van der Waals surface area contributed by atoms with Crippen LogP contribution < -0.4 is 4.90 Å².